The molecule has 1 heterocycles. The van der Waals surface area contributed by atoms with Gasteiger partial charge in [-0.25, -0.2) is 0 Å². The van der Waals surface area contributed by atoms with Crippen molar-refractivity contribution in [2.75, 3.05) is 0 Å². The number of ether oxygens (including phenoxy) is 1. The minimum absolute atomic E-state index is 0.123. The van der Waals surface area contributed by atoms with Gasteiger partial charge in [0.05, 0.1) is 5.92 Å². The minimum Gasteiger partial charge on any atom is -0.508 e. The van der Waals surface area contributed by atoms with Gasteiger partial charge in [0.1, 0.15) is 23.1 Å². The number of phenolic OH excluding ortho intramolecular Hbond substituents is 1. The van der Waals surface area contributed by atoms with Crippen LogP contribution in [0.2, 0.25) is 0 Å². The molecule has 1 atom stereocenters. The lowest BCUT2D eigenvalue weighted by molar-refractivity contribution is 0.395. The maximum absolute atomic E-state index is 9.63. The van der Waals surface area contributed by atoms with Gasteiger partial charge in [0.2, 0.25) is 5.88 Å². The summed E-state index contributed by atoms with van der Waals surface area (Å²) in [5.41, 5.74) is 8.17. The lowest BCUT2D eigenvalue weighted by Gasteiger charge is -2.27. The zero-order valence-corrected chi connectivity index (χ0v) is 12.7. The number of hydrogen-bond acceptors (Lipinski definition) is 4. The Morgan fingerprint density at radius 1 is 1.00 bits per heavy atom. The predicted octanol–water partition coefficient (Wildman–Crippen LogP) is 3.76. The van der Waals surface area contributed by atoms with E-state index in [2.05, 4.69) is 6.07 Å². The van der Waals surface area contributed by atoms with Crippen molar-refractivity contribution < 1.29 is 9.84 Å². The largest absolute Gasteiger partial charge is 0.508 e. The number of aromatic hydroxyl groups is 1. The Hall–Kier alpha value is -3.45. The summed E-state index contributed by atoms with van der Waals surface area (Å²) in [6.07, 6.45) is 0. The van der Waals surface area contributed by atoms with Crippen molar-refractivity contribution in [2.24, 2.45) is 5.73 Å². The van der Waals surface area contributed by atoms with Crippen molar-refractivity contribution in [3.63, 3.8) is 0 Å². The number of nitriles is 1. The van der Waals surface area contributed by atoms with Crippen molar-refractivity contribution in [2.45, 2.75) is 5.92 Å². The Balaban J connectivity index is 2.05. The Labute approximate surface area is 139 Å². The molecule has 0 saturated heterocycles. The molecule has 1 aliphatic rings. The molecule has 4 nitrogen and oxygen atoms in total. The highest BCUT2D eigenvalue weighted by Gasteiger charge is 2.32. The molecule has 0 aromatic heterocycles. The van der Waals surface area contributed by atoms with E-state index in [1.54, 1.807) is 12.1 Å². The van der Waals surface area contributed by atoms with Crippen LogP contribution in [-0.4, -0.2) is 5.11 Å². The van der Waals surface area contributed by atoms with Crippen LogP contribution in [-0.2, 0) is 0 Å². The van der Waals surface area contributed by atoms with Crippen LogP contribution in [0.15, 0.2) is 72.1 Å². The average Bonchev–Trinajstić information content (AvgIpc) is 2.61. The maximum Gasteiger partial charge on any atom is 0.205 e. The van der Waals surface area contributed by atoms with Gasteiger partial charge in [0, 0.05) is 5.56 Å². The number of nitrogens with zero attached hydrogens (tertiary/aromatic N) is 1. The highest BCUT2D eigenvalue weighted by atomic mass is 16.5. The van der Waals surface area contributed by atoms with Crippen molar-refractivity contribution in [1.29, 1.82) is 5.26 Å². The van der Waals surface area contributed by atoms with Crippen molar-refractivity contribution >= 4 is 10.8 Å². The van der Waals surface area contributed by atoms with Crippen molar-refractivity contribution in [1.82, 2.24) is 0 Å². The molecule has 0 bridgehead atoms. The third-order valence-corrected chi connectivity index (χ3v) is 4.34. The zero-order chi connectivity index (χ0) is 16.7. The van der Waals surface area contributed by atoms with Crippen LogP contribution in [0.4, 0.5) is 0 Å². The van der Waals surface area contributed by atoms with Gasteiger partial charge in [-0.2, -0.15) is 5.26 Å². The van der Waals surface area contributed by atoms with E-state index in [9.17, 15) is 10.4 Å². The van der Waals surface area contributed by atoms with E-state index in [1.165, 1.54) is 0 Å². The van der Waals surface area contributed by atoms with Gasteiger partial charge in [-0.15, -0.1) is 0 Å². The number of benzene rings is 3. The molecule has 0 fully saturated rings. The fraction of sp³-hybridized carbons (Fsp3) is 0.0500. The lowest BCUT2D eigenvalue weighted by Crippen LogP contribution is -2.21. The first-order chi connectivity index (χ1) is 11.7. The summed E-state index contributed by atoms with van der Waals surface area (Å²) in [5.74, 6) is 0.631. The van der Waals surface area contributed by atoms with E-state index >= 15 is 0 Å². The molecule has 0 aliphatic carbocycles. The number of nitrogens with two attached hydrogens (primary N) is 1. The van der Waals surface area contributed by atoms with Gasteiger partial charge < -0.3 is 15.6 Å². The standard InChI is InChI=1S/C20H14N2O2/c21-11-16-18(13-5-8-14(23)9-6-13)19-15-4-2-1-3-12(15)7-10-17(19)24-20(16)22/h1-10,18,23H,22H2/t18-/m1/s1. The molecule has 0 radical (unpaired) electrons. The van der Waals surface area contributed by atoms with Crippen LogP contribution in [0.3, 0.4) is 0 Å². The highest BCUT2D eigenvalue weighted by Crippen LogP contribution is 2.45. The topological polar surface area (TPSA) is 79.3 Å². The average molecular weight is 314 g/mol. The molecule has 3 N–H and O–H groups in total. The molecule has 4 heteroatoms. The molecule has 0 unspecified atom stereocenters. The summed E-state index contributed by atoms with van der Waals surface area (Å²) in [7, 11) is 0. The molecular formula is C20H14N2O2. The smallest absolute Gasteiger partial charge is 0.205 e. The van der Waals surface area contributed by atoms with Gasteiger partial charge in [-0.1, -0.05) is 42.5 Å². The molecule has 0 saturated carbocycles. The Morgan fingerprint density at radius 3 is 2.50 bits per heavy atom. The van der Waals surface area contributed by atoms with E-state index in [1.807, 2.05) is 48.5 Å². The second-order valence-electron chi connectivity index (χ2n) is 5.71. The summed E-state index contributed by atoms with van der Waals surface area (Å²) in [5, 5.41) is 21.3. The van der Waals surface area contributed by atoms with Crippen LogP contribution in [0.5, 0.6) is 11.5 Å². The molecular weight excluding hydrogens is 300 g/mol. The molecule has 0 spiro atoms. The van der Waals surface area contributed by atoms with E-state index in [-0.39, 0.29) is 17.6 Å². The number of phenols is 1. The van der Waals surface area contributed by atoms with Crippen LogP contribution in [0.25, 0.3) is 10.8 Å². The fourth-order valence-corrected chi connectivity index (χ4v) is 3.24. The van der Waals surface area contributed by atoms with Gasteiger partial charge in [-0.3, -0.25) is 0 Å². The Kier molecular flexibility index (Phi) is 3.14. The van der Waals surface area contributed by atoms with Crippen molar-refractivity contribution in [3.8, 4) is 17.6 Å². The molecule has 0 amide bonds. The van der Waals surface area contributed by atoms with E-state index < -0.39 is 0 Å². The molecule has 4 rings (SSSR count). The second-order valence-corrected chi connectivity index (χ2v) is 5.71. The van der Waals surface area contributed by atoms with Gasteiger partial charge >= 0.3 is 0 Å². The first kappa shape index (κ1) is 14.2. The van der Waals surface area contributed by atoms with Gasteiger partial charge in [-0.05, 0) is 34.5 Å². The fourth-order valence-electron chi connectivity index (χ4n) is 3.24. The summed E-state index contributed by atoms with van der Waals surface area (Å²) < 4.78 is 5.70. The number of fused-ring (bicyclic) bond motifs is 3. The van der Waals surface area contributed by atoms with Crippen LogP contribution in [0.1, 0.15) is 17.0 Å². The normalized spacial score (nSPS) is 16.4. The van der Waals surface area contributed by atoms with E-state index in [0.29, 0.717) is 11.3 Å². The predicted molar refractivity (Wildman–Crippen MR) is 91.4 cm³/mol. The summed E-state index contributed by atoms with van der Waals surface area (Å²) >= 11 is 0. The van der Waals surface area contributed by atoms with Crippen LogP contribution >= 0.6 is 0 Å². The number of hydrogen-bond donors (Lipinski definition) is 2. The Morgan fingerprint density at radius 2 is 1.75 bits per heavy atom. The molecule has 3 aromatic carbocycles. The summed E-state index contributed by atoms with van der Waals surface area (Å²) in [6, 6.07) is 20.9. The van der Waals surface area contributed by atoms with Crippen LogP contribution < -0.4 is 10.5 Å². The van der Waals surface area contributed by atoms with Gasteiger partial charge in [0.15, 0.2) is 0 Å². The number of rotatable bonds is 1. The molecule has 116 valence electrons. The second kappa shape index (κ2) is 5.32. The first-order valence-corrected chi connectivity index (χ1v) is 7.57. The maximum atomic E-state index is 9.63. The van der Waals surface area contributed by atoms with E-state index in [0.717, 1.165) is 21.9 Å². The monoisotopic (exact) mass is 314 g/mol. The Bertz CT molecular complexity index is 1010. The minimum atomic E-state index is -0.328. The zero-order valence-electron chi connectivity index (χ0n) is 12.7. The third kappa shape index (κ3) is 2.07. The molecule has 1 aliphatic heterocycles. The molecule has 24 heavy (non-hydrogen) atoms. The SMILES string of the molecule is N#CC1=C(N)Oc2ccc3ccccc3c2[C@@H]1c1ccc(O)cc1. The number of allylic oxidation sites excluding steroid dienone is 1. The summed E-state index contributed by atoms with van der Waals surface area (Å²) in [6.45, 7) is 0. The van der Waals surface area contributed by atoms with Crippen LogP contribution in [0, 0.1) is 11.3 Å². The first-order valence-electron chi connectivity index (χ1n) is 7.57. The summed E-state index contributed by atoms with van der Waals surface area (Å²) in [4.78, 5) is 0. The highest BCUT2D eigenvalue weighted by molar-refractivity contribution is 5.90. The van der Waals surface area contributed by atoms with E-state index in [4.69, 9.17) is 10.5 Å². The molecule has 3 aromatic rings. The third-order valence-electron chi connectivity index (χ3n) is 4.34. The van der Waals surface area contributed by atoms with Gasteiger partial charge in [0.25, 0.3) is 0 Å². The van der Waals surface area contributed by atoms with Crippen molar-refractivity contribution in [3.05, 3.63) is 83.2 Å². The quantitative estimate of drug-likeness (QED) is 0.716. The lowest BCUT2D eigenvalue weighted by atomic mass is 9.81.